The summed E-state index contributed by atoms with van der Waals surface area (Å²) in [5, 5.41) is 12.2. The molecule has 0 spiro atoms. The van der Waals surface area contributed by atoms with E-state index in [4.69, 9.17) is 0 Å². The number of nitrogens with zero attached hydrogens (tertiary/aromatic N) is 2. The molecule has 2 atom stereocenters. The first kappa shape index (κ1) is 22.9. The first-order valence-corrected chi connectivity index (χ1v) is 12.8. The third-order valence-corrected chi connectivity index (χ3v) is 8.46. The summed E-state index contributed by atoms with van der Waals surface area (Å²) in [4.78, 5) is 39.4. The first-order valence-electron chi connectivity index (χ1n) is 10.8. The molecule has 0 saturated carbocycles. The molecule has 7 nitrogen and oxygen atoms in total. The molecule has 1 aromatic carbocycles. The molecule has 2 N–H and O–H groups in total. The van der Waals surface area contributed by atoms with Gasteiger partial charge in [-0.05, 0) is 23.8 Å². The van der Waals surface area contributed by atoms with Gasteiger partial charge >= 0.3 is 5.97 Å². The lowest BCUT2D eigenvalue weighted by molar-refractivity contribution is -0.891. The van der Waals surface area contributed by atoms with Crippen LogP contribution in [0.2, 0.25) is 0 Å². The van der Waals surface area contributed by atoms with Gasteiger partial charge in [-0.2, -0.15) is 0 Å². The predicted molar refractivity (Wildman–Crippen MR) is 126 cm³/mol. The average Bonchev–Trinajstić information content (AvgIpc) is 3.22. The molecule has 4 rings (SSSR count). The van der Waals surface area contributed by atoms with Gasteiger partial charge in [-0.3, -0.25) is 14.5 Å². The number of β-lactam (4-membered cyclic amide) rings is 1. The Morgan fingerprint density at radius 1 is 1.28 bits per heavy atom. The van der Waals surface area contributed by atoms with Crippen molar-refractivity contribution in [3.8, 4) is 0 Å². The maximum Gasteiger partial charge on any atom is 0.352 e. The van der Waals surface area contributed by atoms with Crippen molar-refractivity contribution in [2.45, 2.75) is 29.2 Å². The third kappa shape index (κ3) is 4.89. The molecular formula is C23H28N3O4S2+. The molecular weight excluding hydrogens is 446 g/mol. The maximum atomic E-state index is 12.8. The molecule has 2 unspecified atom stereocenters. The van der Waals surface area contributed by atoms with E-state index in [-0.39, 0.29) is 28.6 Å². The number of carboxylic acid groups (broad SMARTS) is 1. The molecule has 1 aromatic rings. The van der Waals surface area contributed by atoms with Crippen molar-refractivity contribution in [1.29, 1.82) is 0 Å². The van der Waals surface area contributed by atoms with Crippen molar-refractivity contribution >= 4 is 41.3 Å². The van der Waals surface area contributed by atoms with E-state index in [0.29, 0.717) is 11.3 Å². The zero-order chi connectivity index (χ0) is 22.7. The van der Waals surface area contributed by atoms with Crippen LogP contribution in [0.15, 0.2) is 58.6 Å². The summed E-state index contributed by atoms with van der Waals surface area (Å²) in [6.07, 6.45) is 6.35. The molecule has 32 heavy (non-hydrogen) atoms. The van der Waals surface area contributed by atoms with Gasteiger partial charge < -0.3 is 14.9 Å². The van der Waals surface area contributed by atoms with Gasteiger partial charge in [0.15, 0.2) is 0 Å². The van der Waals surface area contributed by atoms with Gasteiger partial charge in [0.05, 0.1) is 32.4 Å². The summed E-state index contributed by atoms with van der Waals surface area (Å²) in [7, 11) is 2.22. The van der Waals surface area contributed by atoms with Crippen LogP contribution in [0.1, 0.15) is 12.8 Å². The van der Waals surface area contributed by atoms with Crippen molar-refractivity contribution in [1.82, 2.24) is 10.2 Å². The molecule has 3 aliphatic heterocycles. The Balaban J connectivity index is 1.38. The van der Waals surface area contributed by atoms with Crippen molar-refractivity contribution in [2.75, 3.05) is 38.2 Å². The van der Waals surface area contributed by atoms with Crippen molar-refractivity contribution in [2.24, 2.45) is 0 Å². The number of carboxylic acids is 1. The fourth-order valence-corrected chi connectivity index (χ4v) is 6.43. The van der Waals surface area contributed by atoms with E-state index >= 15 is 0 Å². The lowest BCUT2D eigenvalue weighted by atomic mass is 10.0. The van der Waals surface area contributed by atoms with Crippen LogP contribution in [0.5, 0.6) is 0 Å². The van der Waals surface area contributed by atoms with Gasteiger partial charge in [0.2, 0.25) is 5.91 Å². The van der Waals surface area contributed by atoms with Gasteiger partial charge in [-0.1, -0.05) is 24.3 Å². The van der Waals surface area contributed by atoms with E-state index in [2.05, 4.69) is 12.4 Å². The van der Waals surface area contributed by atoms with E-state index in [1.165, 1.54) is 41.3 Å². The highest BCUT2D eigenvalue weighted by molar-refractivity contribution is 8.00. The molecule has 0 radical (unpaired) electrons. The van der Waals surface area contributed by atoms with Gasteiger partial charge in [0.1, 0.15) is 17.1 Å². The van der Waals surface area contributed by atoms with Crippen LogP contribution < -0.4 is 5.32 Å². The minimum atomic E-state index is -1.10. The molecule has 9 heteroatoms. The number of hydrogen-bond donors (Lipinski definition) is 2. The number of quaternary nitrogens is 1. The van der Waals surface area contributed by atoms with Crippen molar-refractivity contribution < 1.29 is 24.0 Å². The van der Waals surface area contributed by atoms with E-state index < -0.39 is 12.0 Å². The van der Waals surface area contributed by atoms with Gasteiger partial charge in [0.25, 0.3) is 5.91 Å². The number of carbonyl (C=O) groups excluding carboxylic acids is 2. The molecule has 2 fully saturated rings. The highest BCUT2D eigenvalue weighted by atomic mass is 32.2. The second kappa shape index (κ2) is 9.72. The second-order valence-corrected chi connectivity index (χ2v) is 10.7. The van der Waals surface area contributed by atoms with Crippen molar-refractivity contribution in [3.63, 3.8) is 0 Å². The summed E-state index contributed by atoms with van der Waals surface area (Å²) in [5.41, 5.74) is 0.700. The van der Waals surface area contributed by atoms with Crippen LogP contribution in [0.3, 0.4) is 0 Å². The summed E-state index contributed by atoms with van der Waals surface area (Å²) >= 11 is 2.90. The number of likely N-dealkylation sites (N-methyl/N-ethyl adjacent to an activating group) is 1. The zero-order valence-corrected chi connectivity index (χ0v) is 19.7. The van der Waals surface area contributed by atoms with Crippen LogP contribution >= 0.6 is 23.5 Å². The smallest absolute Gasteiger partial charge is 0.352 e. The minimum Gasteiger partial charge on any atom is -0.477 e. The van der Waals surface area contributed by atoms with Crippen LogP contribution in [0, 0.1) is 0 Å². The number of allylic oxidation sites excluding steroid dienone is 1. The fraction of sp³-hybridized carbons (Fsp3) is 0.435. The Hall–Kier alpha value is -2.23. The molecule has 2 amide bonds. The predicted octanol–water partition coefficient (Wildman–Crippen LogP) is 2.31. The van der Waals surface area contributed by atoms with Crippen LogP contribution in [0.25, 0.3) is 0 Å². The van der Waals surface area contributed by atoms with Crippen LogP contribution in [-0.4, -0.2) is 81.9 Å². The number of likely N-dealkylation sites (tertiary alicyclic amines) is 1. The van der Waals surface area contributed by atoms with Crippen LogP contribution in [0.4, 0.5) is 0 Å². The SMILES string of the molecule is C[N+]1(CC=CC2=C(C(=O)O)N3C(=O)C(NC(=O)CSc4ccccc4)C3SC2)CCCC1. The Morgan fingerprint density at radius 2 is 2.00 bits per heavy atom. The standard InChI is InChI=1S/C23H27N3O4S2/c1-26(11-5-6-12-26)13-7-8-16-14-32-22-19(21(28)25(22)20(16)23(29)30)24-18(27)15-31-17-9-3-2-4-10-17/h2-4,7-10,19,22H,5-6,11-15H2,1H3,(H-,24,27,29,30)/p+1. The number of fused-ring (bicyclic) bond motifs is 1. The highest BCUT2D eigenvalue weighted by Gasteiger charge is 2.53. The number of carbonyl (C=O) groups is 3. The zero-order valence-electron chi connectivity index (χ0n) is 18.0. The number of benzene rings is 1. The van der Waals surface area contributed by atoms with Gasteiger partial charge in [-0.25, -0.2) is 4.79 Å². The highest BCUT2D eigenvalue weighted by Crippen LogP contribution is 2.40. The minimum absolute atomic E-state index is 0.0447. The number of amides is 2. The molecule has 0 bridgehead atoms. The molecule has 0 aliphatic carbocycles. The Labute approximate surface area is 196 Å². The Bertz CT molecular complexity index is 957. The molecule has 3 heterocycles. The Kier molecular flexibility index (Phi) is 6.97. The fourth-order valence-electron chi connectivity index (χ4n) is 4.38. The normalized spacial score (nSPS) is 24.4. The van der Waals surface area contributed by atoms with E-state index in [1.807, 2.05) is 42.5 Å². The van der Waals surface area contributed by atoms with E-state index in [1.54, 1.807) is 0 Å². The number of thioether (sulfide) groups is 2. The maximum absolute atomic E-state index is 12.8. The topological polar surface area (TPSA) is 86.7 Å². The molecule has 0 aromatic heterocycles. The number of rotatable bonds is 8. The van der Waals surface area contributed by atoms with Crippen molar-refractivity contribution in [3.05, 3.63) is 53.8 Å². The lowest BCUT2D eigenvalue weighted by Crippen LogP contribution is -2.70. The van der Waals surface area contributed by atoms with Gasteiger partial charge in [-0.15, -0.1) is 23.5 Å². The average molecular weight is 475 g/mol. The number of nitrogens with one attached hydrogen (secondary N) is 1. The quantitative estimate of drug-likeness (QED) is 0.342. The first-order chi connectivity index (χ1) is 15.4. The number of hydrogen-bond acceptors (Lipinski definition) is 5. The molecule has 2 saturated heterocycles. The summed E-state index contributed by atoms with van der Waals surface area (Å²) in [5.74, 6) is -0.984. The largest absolute Gasteiger partial charge is 0.477 e. The molecule has 170 valence electrons. The molecule has 3 aliphatic rings. The lowest BCUT2D eigenvalue weighted by Gasteiger charge is -2.49. The summed E-state index contributed by atoms with van der Waals surface area (Å²) < 4.78 is 0.972. The van der Waals surface area contributed by atoms with Crippen LogP contribution in [-0.2, 0) is 14.4 Å². The second-order valence-electron chi connectivity index (χ2n) is 8.59. The number of aliphatic carboxylic acids is 1. The Morgan fingerprint density at radius 3 is 2.69 bits per heavy atom. The van der Waals surface area contributed by atoms with E-state index in [9.17, 15) is 19.5 Å². The summed E-state index contributed by atoms with van der Waals surface area (Å²) in [6.45, 7) is 3.14. The third-order valence-electron chi connectivity index (χ3n) is 6.14. The monoisotopic (exact) mass is 474 g/mol. The summed E-state index contributed by atoms with van der Waals surface area (Å²) in [6, 6.07) is 8.90. The van der Waals surface area contributed by atoms with E-state index in [0.717, 1.165) is 29.0 Å². The van der Waals surface area contributed by atoms with Gasteiger partial charge in [0, 0.05) is 23.5 Å².